The molecule has 1 aliphatic rings. The van der Waals surface area contributed by atoms with Crippen LogP contribution < -0.4 is 10.1 Å². The Morgan fingerprint density at radius 2 is 2.10 bits per heavy atom. The number of sulfonamides is 1. The van der Waals surface area contributed by atoms with Crippen LogP contribution >= 0.6 is 0 Å². The highest BCUT2D eigenvalue weighted by Crippen LogP contribution is 2.30. The van der Waals surface area contributed by atoms with Crippen LogP contribution in [0.1, 0.15) is 31.7 Å². The molecule has 21 heavy (non-hydrogen) atoms. The zero-order valence-electron chi connectivity index (χ0n) is 12.9. The number of hydrogen-bond donors (Lipinski definition) is 1. The van der Waals surface area contributed by atoms with E-state index in [0.717, 1.165) is 30.6 Å². The molecule has 0 spiro atoms. The average molecular weight is 312 g/mol. The molecule has 1 aromatic carbocycles. The lowest BCUT2D eigenvalue weighted by Gasteiger charge is -2.33. The minimum absolute atomic E-state index is 0.148. The van der Waals surface area contributed by atoms with Gasteiger partial charge in [-0.25, -0.2) is 8.42 Å². The normalized spacial score (nSPS) is 16.0. The number of ether oxygens (including phenoxy) is 1. The molecule has 0 radical (unpaired) electrons. The van der Waals surface area contributed by atoms with Crippen LogP contribution in [0.4, 0.5) is 0 Å². The molecule has 118 valence electrons. The standard InChI is InChI=1S/C15H24N2O3S/c1-4-20-15-9-8-14(10-12(15)11-16-2)21(18,19)17(3)13-6-5-7-13/h8-10,13,16H,4-7,11H2,1-3H3. The highest BCUT2D eigenvalue weighted by atomic mass is 32.2. The number of benzene rings is 1. The predicted octanol–water partition coefficient (Wildman–Crippen LogP) is 1.98. The summed E-state index contributed by atoms with van der Waals surface area (Å²) in [4.78, 5) is 0.339. The van der Waals surface area contributed by atoms with E-state index >= 15 is 0 Å². The summed E-state index contributed by atoms with van der Waals surface area (Å²) in [6, 6.07) is 5.24. The van der Waals surface area contributed by atoms with Gasteiger partial charge in [-0.15, -0.1) is 0 Å². The van der Waals surface area contributed by atoms with Gasteiger partial charge in [0.2, 0.25) is 10.0 Å². The smallest absolute Gasteiger partial charge is 0.243 e. The first kappa shape index (κ1) is 16.3. The molecule has 1 aromatic rings. The van der Waals surface area contributed by atoms with E-state index in [1.807, 2.05) is 14.0 Å². The zero-order chi connectivity index (χ0) is 15.5. The first-order chi connectivity index (χ1) is 10.0. The molecule has 0 saturated heterocycles. The van der Waals surface area contributed by atoms with E-state index in [4.69, 9.17) is 4.74 Å². The average Bonchev–Trinajstić information content (AvgIpc) is 2.39. The minimum atomic E-state index is -3.42. The van der Waals surface area contributed by atoms with Crippen molar-refractivity contribution in [2.45, 2.75) is 43.7 Å². The molecular weight excluding hydrogens is 288 g/mol. The van der Waals surface area contributed by atoms with Crippen LogP contribution in [0.15, 0.2) is 23.1 Å². The Kier molecular flexibility index (Phi) is 5.24. The van der Waals surface area contributed by atoms with Crippen molar-refractivity contribution in [2.24, 2.45) is 0 Å². The van der Waals surface area contributed by atoms with Gasteiger partial charge in [-0.3, -0.25) is 0 Å². The maximum Gasteiger partial charge on any atom is 0.243 e. The van der Waals surface area contributed by atoms with E-state index in [1.54, 1.807) is 25.2 Å². The summed E-state index contributed by atoms with van der Waals surface area (Å²) in [7, 11) is 0.0831. The van der Waals surface area contributed by atoms with Crippen molar-refractivity contribution in [2.75, 3.05) is 20.7 Å². The van der Waals surface area contributed by atoms with E-state index in [-0.39, 0.29) is 6.04 Å². The number of nitrogens with zero attached hydrogens (tertiary/aromatic N) is 1. The van der Waals surface area contributed by atoms with Gasteiger partial charge in [0, 0.05) is 25.2 Å². The van der Waals surface area contributed by atoms with E-state index < -0.39 is 10.0 Å². The SMILES string of the molecule is CCOc1ccc(S(=O)(=O)N(C)C2CCC2)cc1CNC. The molecule has 0 heterocycles. The molecule has 0 aliphatic heterocycles. The maximum absolute atomic E-state index is 12.7. The fraction of sp³-hybridized carbons (Fsp3) is 0.600. The summed E-state index contributed by atoms with van der Waals surface area (Å²) < 4.78 is 32.4. The van der Waals surface area contributed by atoms with Gasteiger partial charge in [0.1, 0.15) is 5.75 Å². The Labute approximate surface area is 127 Å². The topological polar surface area (TPSA) is 58.6 Å². The molecule has 1 saturated carbocycles. The van der Waals surface area contributed by atoms with Crippen molar-refractivity contribution in [1.29, 1.82) is 0 Å². The monoisotopic (exact) mass is 312 g/mol. The van der Waals surface area contributed by atoms with Gasteiger partial charge in [-0.05, 0) is 45.0 Å². The number of nitrogens with one attached hydrogen (secondary N) is 1. The molecule has 5 nitrogen and oxygen atoms in total. The van der Waals surface area contributed by atoms with Crippen LogP contribution in [0.2, 0.25) is 0 Å². The summed E-state index contributed by atoms with van der Waals surface area (Å²) in [6.07, 6.45) is 3.02. The first-order valence-electron chi connectivity index (χ1n) is 7.39. The summed E-state index contributed by atoms with van der Waals surface area (Å²) in [5, 5.41) is 3.05. The summed E-state index contributed by atoms with van der Waals surface area (Å²) in [5.74, 6) is 0.733. The van der Waals surface area contributed by atoms with Gasteiger partial charge in [-0.1, -0.05) is 6.42 Å². The van der Waals surface area contributed by atoms with Crippen LogP contribution in [0, 0.1) is 0 Å². The van der Waals surface area contributed by atoms with E-state index in [2.05, 4.69) is 5.32 Å². The third-order valence-corrected chi connectivity index (χ3v) is 5.87. The fourth-order valence-corrected chi connectivity index (χ4v) is 3.92. The fourth-order valence-electron chi connectivity index (χ4n) is 2.45. The summed E-state index contributed by atoms with van der Waals surface area (Å²) in [5.41, 5.74) is 0.863. The molecule has 1 fully saturated rings. The van der Waals surface area contributed by atoms with Crippen LogP contribution in [0.25, 0.3) is 0 Å². The van der Waals surface area contributed by atoms with Crippen molar-refractivity contribution in [3.8, 4) is 5.75 Å². The quantitative estimate of drug-likeness (QED) is 0.836. The Morgan fingerprint density at radius 3 is 2.62 bits per heavy atom. The Balaban J connectivity index is 2.32. The molecule has 2 rings (SSSR count). The first-order valence-corrected chi connectivity index (χ1v) is 8.83. The molecule has 1 aliphatic carbocycles. The van der Waals surface area contributed by atoms with Gasteiger partial charge >= 0.3 is 0 Å². The third-order valence-electron chi connectivity index (χ3n) is 3.96. The molecule has 0 bridgehead atoms. The molecule has 0 amide bonds. The lowest BCUT2D eigenvalue weighted by atomic mass is 9.94. The Bertz CT molecular complexity index is 583. The molecule has 0 unspecified atom stereocenters. The van der Waals surface area contributed by atoms with E-state index in [9.17, 15) is 8.42 Å². The van der Waals surface area contributed by atoms with Gasteiger partial charge < -0.3 is 10.1 Å². The van der Waals surface area contributed by atoms with Gasteiger partial charge in [0.15, 0.2) is 0 Å². The van der Waals surface area contributed by atoms with E-state index in [0.29, 0.717) is 18.0 Å². The van der Waals surface area contributed by atoms with Crippen LogP contribution in [-0.4, -0.2) is 39.5 Å². The van der Waals surface area contributed by atoms with E-state index in [1.165, 1.54) is 4.31 Å². The van der Waals surface area contributed by atoms with Gasteiger partial charge in [0.05, 0.1) is 11.5 Å². The second kappa shape index (κ2) is 6.77. The second-order valence-corrected chi connectivity index (χ2v) is 7.34. The Hall–Kier alpha value is -1.11. The predicted molar refractivity (Wildman–Crippen MR) is 83.0 cm³/mol. The number of hydrogen-bond acceptors (Lipinski definition) is 4. The van der Waals surface area contributed by atoms with Crippen molar-refractivity contribution in [3.63, 3.8) is 0 Å². The van der Waals surface area contributed by atoms with Gasteiger partial charge in [0.25, 0.3) is 0 Å². The van der Waals surface area contributed by atoms with Crippen molar-refractivity contribution >= 4 is 10.0 Å². The lowest BCUT2D eigenvalue weighted by Crippen LogP contribution is -2.41. The van der Waals surface area contributed by atoms with Crippen molar-refractivity contribution < 1.29 is 13.2 Å². The lowest BCUT2D eigenvalue weighted by molar-refractivity contribution is 0.249. The van der Waals surface area contributed by atoms with Crippen LogP contribution in [0.5, 0.6) is 5.75 Å². The molecule has 0 aromatic heterocycles. The highest BCUT2D eigenvalue weighted by Gasteiger charge is 2.32. The maximum atomic E-state index is 12.7. The highest BCUT2D eigenvalue weighted by molar-refractivity contribution is 7.89. The molecular formula is C15H24N2O3S. The molecule has 6 heteroatoms. The van der Waals surface area contributed by atoms with Gasteiger partial charge in [-0.2, -0.15) is 4.31 Å². The summed E-state index contributed by atoms with van der Waals surface area (Å²) in [6.45, 7) is 3.05. The largest absolute Gasteiger partial charge is 0.494 e. The van der Waals surface area contributed by atoms with Crippen molar-refractivity contribution in [1.82, 2.24) is 9.62 Å². The van der Waals surface area contributed by atoms with Crippen LogP contribution in [-0.2, 0) is 16.6 Å². The molecule has 0 atom stereocenters. The van der Waals surface area contributed by atoms with Crippen LogP contribution in [0.3, 0.4) is 0 Å². The minimum Gasteiger partial charge on any atom is -0.494 e. The second-order valence-electron chi connectivity index (χ2n) is 5.34. The third kappa shape index (κ3) is 3.39. The zero-order valence-corrected chi connectivity index (χ0v) is 13.7. The number of rotatable bonds is 7. The molecule has 1 N–H and O–H groups in total. The summed E-state index contributed by atoms with van der Waals surface area (Å²) >= 11 is 0. The van der Waals surface area contributed by atoms with Crippen molar-refractivity contribution in [3.05, 3.63) is 23.8 Å². The Morgan fingerprint density at radius 1 is 1.38 bits per heavy atom.